The molecule has 0 fully saturated rings. The Morgan fingerprint density at radius 1 is 1.37 bits per heavy atom. The molecule has 0 atom stereocenters. The molecular weight excluding hydrogens is 257 g/mol. The summed E-state index contributed by atoms with van der Waals surface area (Å²) >= 11 is 0. The number of nitrogen functional groups attached to an aromatic ring is 1. The van der Waals surface area contributed by atoms with Crippen molar-refractivity contribution in [3.63, 3.8) is 0 Å². The Labute approximate surface area is 110 Å². The van der Waals surface area contributed by atoms with Crippen molar-refractivity contribution in [3.8, 4) is 0 Å². The Morgan fingerprint density at radius 3 is 2.47 bits per heavy atom. The minimum absolute atomic E-state index is 0.0473. The second kappa shape index (κ2) is 5.95. The molecule has 0 spiro atoms. The number of hydrogen-bond acceptors (Lipinski definition) is 2. The zero-order chi connectivity index (χ0) is 14.6. The minimum atomic E-state index is -4.41. The fraction of sp³-hybridized carbons (Fsp3) is 0.462. The molecule has 1 amide bonds. The molecule has 0 heterocycles. The SMILES string of the molecule is CCCN(CC(F)(F)F)C(=O)c1ccc(C)cc1N. The van der Waals surface area contributed by atoms with Crippen LogP contribution in [0, 0.1) is 6.92 Å². The number of alkyl halides is 3. The molecule has 0 aliphatic heterocycles. The molecule has 0 radical (unpaired) electrons. The van der Waals surface area contributed by atoms with Crippen molar-refractivity contribution in [3.05, 3.63) is 29.3 Å². The molecule has 0 saturated heterocycles. The lowest BCUT2D eigenvalue weighted by molar-refractivity contribution is -0.140. The molecule has 19 heavy (non-hydrogen) atoms. The van der Waals surface area contributed by atoms with Gasteiger partial charge in [0.1, 0.15) is 6.54 Å². The molecule has 0 aliphatic carbocycles. The molecule has 3 nitrogen and oxygen atoms in total. The van der Waals surface area contributed by atoms with Crippen molar-refractivity contribution in [2.24, 2.45) is 0 Å². The maximum atomic E-state index is 12.4. The maximum absolute atomic E-state index is 12.4. The van der Waals surface area contributed by atoms with Gasteiger partial charge in [0.05, 0.1) is 5.56 Å². The summed E-state index contributed by atoms with van der Waals surface area (Å²) in [5, 5.41) is 0. The first kappa shape index (κ1) is 15.3. The Balaban J connectivity index is 2.99. The topological polar surface area (TPSA) is 46.3 Å². The van der Waals surface area contributed by atoms with Crippen LogP contribution in [0.15, 0.2) is 18.2 Å². The lowest BCUT2D eigenvalue weighted by Gasteiger charge is -2.24. The van der Waals surface area contributed by atoms with Crippen LogP contribution in [0.4, 0.5) is 18.9 Å². The first-order chi connectivity index (χ1) is 8.74. The lowest BCUT2D eigenvalue weighted by Crippen LogP contribution is -2.39. The van der Waals surface area contributed by atoms with E-state index in [0.29, 0.717) is 6.42 Å². The highest BCUT2D eigenvalue weighted by atomic mass is 19.4. The number of hydrogen-bond donors (Lipinski definition) is 1. The van der Waals surface area contributed by atoms with Crippen LogP contribution in [-0.4, -0.2) is 30.1 Å². The number of nitrogens with zero attached hydrogens (tertiary/aromatic N) is 1. The fourth-order valence-corrected chi connectivity index (χ4v) is 1.79. The molecular formula is C13H17F3N2O. The van der Waals surface area contributed by atoms with E-state index >= 15 is 0 Å². The second-order valence-corrected chi connectivity index (χ2v) is 4.43. The maximum Gasteiger partial charge on any atom is 0.406 e. The van der Waals surface area contributed by atoms with Crippen LogP contribution in [-0.2, 0) is 0 Å². The monoisotopic (exact) mass is 274 g/mol. The van der Waals surface area contributed by atoms with E-state index in [2.05, 4.69) is 0 Å². The van der Waals surface area contributed by atoms with Gasteiger partial charge in [-0.05, 0) is 31.0 Å². The summed E-state index contributed by atoms with van der Waals surface area (Å²) in [7, 11) is 0. The largest absolute Gasteiger partial charge is 0.406 e. The first-order valence-electron chi connectivity index (χ1n) is 5.96. The normalized spacial score (nSPS) is 11.4. The average molecular weight is 274 g/mol. The van der Waals surface area contributed by atoms with Crippen LogP contribution in [0.3, 0.4) is 0 Å². The standard InChI is InChI=1S/C13H17F3N2O/c1-3-6-18(8-13(14,15)16)12(19)10-5-4-9(2)7-11(10)17/h4-5,7H,3,6,8,17H2,1-2H3. The molecule has 0 aromatic heterocycles. The van der Waals surface area contributed by atoms with Crippen LogP contribution in [0.2, 0.25) is 0 Å². The third-order valence-corrected chi connectivity index (χ3v) is 2.59. The van der Waals surface area contributed by atoms with Gasteiger partial charge in [-0.2, -0.15) is 13.2 Å². The van der Waals surface area contributed by atoms with Gasteiger partial charge in [-0.15, -0.1) is 0 Å². The number of carbonyl (C=O) groups is 1. The highest BCUT2D eigenvalue weighted by molar-refractivity contribution is 5.99. The molecule has 0 aliphatic rings. The van der Waals surface area contributed by atoms with Gasteiger partial charge in [-0.3, -0.25) is 4.79 Å². The van der Waals surface area contributed by atoms with E-state index in [4.69, 9.17) is 5.73 Å². The van der Waals surface area contributed by atoms with Crippen molar-refractivity contribution < 1.29 is 18.0 Å². The smallest absolute Gasteiger partial charge is 0.398 e. The number of rotatable bonds is 4. The van der Waals surface area contributed by atoms with Crippen molar-refractivity contribution >= 4 is 11.6 Å². The summed E-state index contributed by atoms with van der Waals surface area (Å²) in [5.74, 6) is -0.684. The number of amides is 1. The molecule has 106 valence electrons. The summed E-state index contributed by atoms with van der Waals surface area (Å²) in [6.07, 6.45) is -3.96. The summed E-state index contributed by atoms with van der Waals surface area (Å²) in [6, 6.07) is 4.69. The number of benzene rings is 1. The molecule has 6 heteroatoms. The van der Waals surface area contributed by atoms with Crippen LogP contribution >= 0.6 is 0 Å². The molecule has 1 aromatic carbocycles. The molecule has 0 saturated carbocycles. The van der Waals surface area contributed by atoms with E-state index in [9.17, 15) is 18.0 Å². The average Bonchev–Trinajstić information content (AvgIpc) is 2.26. The predicted molar refractivity (Wildman–Crippen MR) is 67.8 cm³/mol. The Hall–Kier alpha value is -1.72. The van der Waals surface area contributed by atoms with Gasteiger partial charge in [0.25, 0.3) is 5.91 Å². The highest BCUT2D eigenvalue weighted by Gasteiger charge is 2.33. The molecule has 1 aromatic rings. The van der Waals surface area contributed by atoms with E-state index in [-0.39, 0.29) is 17.8 Å². The van der Waals surface area contributed by atoms with Crippen LogP contribution in [0.25, 0.3) is 0 Å². The van der Waals surface area contributed by atoms with Gasteiger partial charge in [0, 0.05) is 12.2 Å². The number of nitrogens with two attached hydrogens (primary N) is 1. The van der Waals surface area contributed by atoms with Gasteiger partial charge in [-0.1, -0.05) is 13.0 Å². The van der Waals surface area contributed by atoms with Crippen molar-refractivity contribution in [2.75, 3.05) is 18.8 Å². The molecule has 0 bridgehead atoms. The van der Waals surface area contributed by atoms with E-state index in [1.807, 2.05) is 0 Å². The van der Waals surface area contributed by atoms with Crippen molar-refractivity contribution in [2.45, 2.75) is 26.4 Å². The number of anilines is 1. The van der Waals surface area contributed by atoms with Crippen LogP contribution < -0.4 is 5.73 Å². The van der Waals surface area contributed by atoms with Gasteiger partial charge in [0.15, 0.2) is 0 Å². The zero-order valence-corrected chi connectivity index (χ0v) is 10.9. The highest BCUT2D eigenvalue weighted by Crippen LogP contribution is 2.21. The summed E-state index contributed by atoms with van der Waals surface area (Å²) in [4.78, 5) is 12.9. The molecule has 1 rings (SSSR count). The summed E-state index contributed by atoms with van der Waals surface area (Å²) in [5.41, 5.74) is 6.86. The van der Waals surface area contributed by atoms with E-state index in [1.54, 1.807) is 26.0 Å². The van der Waals surface area contributed by atoms with Gasteiger partial charge >= 0.3 is 6.18 Å². The third kappa shape index (κ3) is 4.46. The lowest BCUT2D eigenvalue weighted by atomic mass is 10.1. The van der Waals surface area contributed by atoms with Gasteiger partial charge in [-0.25, -0.2) is 0 Å². The number of aryl methyl sites for hydroxylation is 1. The van der Waals surface area contributed by atoms with Crippen LogP contribution in [0.1, 0.15) is 29.3 Å². The van der Waals surface area contributed by atoms with E-state index in [1.165, 1.54) is 6.07 Å². The molecule has 2 N–H and O–H groups in total. The Kier molecular flexibility index (Phi) is 4.80. The van der Waals surface area contributed by atoms with E-state index < -0.39 is 18.6 Å². The minimum Gasteiger partial charge on any atom is -0.398 e. The predicted octanol–water partition coefficient (Wildman–Crippen LogP) is 2.99. The summed E-state index contributed by atoms with van der Waals surface area (Å²) < 4.78 is 37.3. The molecule has 0 unspecified atom stereocenters. The summed E-state index contributed by atoms with van der Waals surface area (Å²) in [6.45, 7) is 2.30. The van der Waals surface area contributed by atoms with E-state index in [0.717, 1.165) is 10.5 Å². The number of carbonyl (C=O) groups excluding carboxylic acids is 1. The third-order valence-electron chi connectivity index (χ3n) is 2.59. The van der Waals surface area contributed by atoms with Crippen molar-refractivity contribution in [1.29, 1.82) is 0 Å². The quantitative estimate of drug-likeness (QED) is 0.858. The zero-order valence-electron chi connectivity index (χ0n) is 10.9. The van der Waals surface area contributed by atoms with Crippen LogP contribution in [0.5, 0.6) is 0 Å². The second-order valence-electron chi connectivity index (χ2n) is 4.43. The van der Waals surface area contributed by atoms with Gasteiger partial charge < -0.3 is 10.6 Å². The first-order valence-corrected chi connectivity index (χ1v) is 5.96. The fourth-order valence-electron chi connectivity index (χ4n) is 1.79. The Bertz CT molecular complexity index is 458. The number of halogens is 3. The van der Waals surface area contributed by atoms with Gasteiger partial charge in [0.2, 0.25) is 0 Å². The van der Waals surface area contributed by atoms with Crippen molar-refractivity contribution in [1.82, 2.24) is 4.90 Å². The Morgan fingerprint density at radius 2 is 2.00 bits per heavy atom.